The molecule has 0 spiro atoms. The number of rotatable bonds is 7. The quantitative estimate of drug-likeness (QED) is 0.289. The first-order valence-corrected chi connectivity index (χ1v) is 10.0. The molecule has 152 valence electrons. The molecule has 0 N–H and O–H groups in total. The van der Waals surface area contributed by atoms with Crippen LogP contribution in [0.4, 0.5) is 0 Å². The number of ether oxygens (including phenoxy) is 5. The third kappa shape index (κ3) is 6.51. The first-order chi connectivity index (χ1) is 12.5. The van der Waals surface area contributed by atoms with Gasteiger partial charge in [-0.15, -0.1) is 0 Å². The summed E-state index contributed by atoms with van der Waals surface area (Å²) in [5.41, 5.74) is 0. The fourth-order valence-corrected chi connectivity index (χ4v) is 5.73. The predicted octanol–water partition coefficient (Wildman–Crippen LogP) is -0.260. The van der Waals surface area contributed by atoms with E-state index in [1.54, 1.807) is 0 Å². The van der Waals surface area contributed by atoms with Gasteiger partial charge in [0.15, 0.2) is 0 Å². The van der Waals surface area contributed by atoms with E-state index in [-0.39, 0.29) is 5.32 Å². The van der Waals surface area contributed by atoms with Crippen LogP contribution < -0.4 is 0 Å². The Hall–Kier alpha value is -2.13. The van der Waals surface area contributed by atoms with Gasteiger partial charge in [0.1, 0.15) is 0 Å². The van der Waals surface area contributed by atoms with Crippen molar-refractivity contribution in [1.82, 2.24) is 0 Å². The molecule has 0 aliphatic carbocycles. The standard InChI is InChI=1S/C16H22O10Se/c1-8(17)22-6-14(24-10(3)19)16(26-12(5)21)15(25-11(4)20)13(7-27-16)23-9(2)18/h13-15H,6-7H2,1-5H3/t13-,14+,15+,16-/m0/s1. The zero-order chi connectivity index (χ0) is 20.8. The summed E-state index contributed by atoms with van der Waals surface area (Å²) >= 11 is -0.640. The van der Waals surface area contributed by atoms with Crippen molar-refractivity contribution >= 4 is 44.8 Å². The maximum absolute atomic E-state index is 11.8. The minimum atomic E-state index is -1.62. The predicted molar refractivity (Wildman–Crippen MR) is 88.4 cm³/mol. The molecule has 10 nitrogen and oxygen atoms in total. The van der Waals surface area contributed by atoms with E-state index in [0.29, 0.717) is 0 Å². The molecule has 1 saturated heterocycles. The van der Waals surface area contributed by atoms with Crippen LogP contribution >= 0.6 is 0 Å². The summed E-state index contributed by atoms with van der Waals surface area (Å²) in [6.45, 7) is 5.34. The van der Waals surface area contributed by atoms with Gasteiger partial charge in [-0.3, -0.25) is 0 Å². The molecule has 0 radical (unpaired) electrons. The van der Waals surface area contributed by atoms with Crippen molar-refractivity contribution in [2.75, 3.05) is 6.61 Å². The van der Waals surface area contributed by atoms with E-state index in [2.05, 4.69) is 0 Å². The summed E-state index contributed by atoms with van der Waals surface area (Å²) < 4.78 is 24.5. The SMILES string of the molecule is CC(=O)OC[C@@H](OC(C)=O)[C@]1(OC(C)=O)[Se]C[C@H](OC(C)=O)[C@H]1OC(C)=O. The summed E-state index contributed by atoms with van der Waals surface area (Å²) in [6.07, 6.45) is -3.36. The molecule has 0 aromatic carbocycles. The van der Waals surface area contributed by atoms with Gasteiger partial charge in [0, 0.05) is 0 Å². The first-order valence-electron chi connectivity index (χ1n) is 7.96. The van der Waals surface area contributed by atoms with E-state index in [0.717, 1.165) is 27.7 Å². The summed E-state index contributed by atoms with van der Waals surface area (Å²) in [5, 5.41) is 0.232. The van der Waals surface area contributed by atoms with Gasteiger partial charge in [-0.05, 0) is 0 Å². The molecule has 0 aromatic heterocycles. The Bertz CT molecular complexity index is 618. The molecule has 0 amide bonds. The Morgan fingerprint density at radius 2 is 1.48 bits per heavy atom. The number of hydrogen-bond acceptors (Lipinski definition) is 10. The maximum atomic E-state index is 11.8. The van der Waals surface area contributed by atoms with Crippen LogP contribution in [0.25, 0.3) is 0 Å². The second kappa shape index (κ2) is 9.70. The topological polar surface area (TPSA) is 132 Å². The Labute approximate surface area is 162 Å². The molecule has 1 aliphatic rings. The average Bonchev–Trinajstić information content (AvgIpc) is 2.80. The molecule has 1 aliphatic heterocycles. The third-order valence-corrected chi connectivity index (χ3v) is 6.52. The van der Waals surface area contributed by atoms with Gasteiger partial charge in [0.2, 0.25) is 0 Å². The van der Waals surface area contributed by atoms with Crippen molar-refractivity contribution in [2.24, 2.45) is 0 Å². The van der Waals surface area contributed by atoms with Gasteiger partial charge in [-0.25, -0.2) is 0 Å². The van der Waals surface area contributed by atoms with Crippen LogP contribution in [0.5, 0.6) is 0 Å². The van der Waals surface area contributed by atoms with E-state index in [1.807, 2.05) is 0 Å². The van der Waals surface area contributed by atoms with Crippen molar-refractivity contribution < 1.29 is 47.7 Å². The molecule has 1 heterocycles. The fourth-order valence-electron chi connectivity index (χ4n) is 2.57. The Kier molecular flexibility index (Phi) is 8.23. The Morgan fingerprint density at radius 1 is 0.889 bits per heavy atom. The van der Waals surface area contributed by atoms with Crippen LogP contribution in [0.15, 0.2) is 0 Å². The van der Waals surface area contributed by atoms with Crippen LogP contribution in [-0.2, 0) is 47.7 Å². The Balaban J connectivity index is 3.37. The van der Waals surface area contributed by atoms with E-state index in [4.69, 9.17) is 23.7 Å². The minimum absolute atomic E-state index is 0.232. The monoisotopic (exact) mass is 454 g/mol. The third-order valence-electron chi connectivity index (χ3n) is 3.32. The zero-order valence-electron chi connectivity index (χ0n) is 15.6. The normalized spacial score (nSPS) is 25.1. The van der Waals surface area contributed by atoms with E-state index >= 15 is 0 Å². The molecule has 1 rings (SSSR count). The zero-order valence-corrected chi connectivity index (χ0v) is 17.4. The van der Waals surface area contributed by atoms with Crippen LogP contribution in [0, 0.1) is 0 Å². The van der Waals surface area contributed by atoms with Gasteiger partial charge < -0.3 is 0 Å². The summed E-state index contributed by atoms with van der Waals surface area (Å²) in [4.78, 5) is 57.6. The van der Waals surface area contributed by atoms with Gasteiger partial charge in [-0.2, -0.15) is 0 Å². The summed E-state index contributed by atoms with van der Waals surface area (Å²) in [6, 6.07) is 0. The molecular formula is C16H22O10Se. The molecule has 27 heavy (non-hydrogen) atoms. The van der Waals surface area contributed by atoms with E-state index in [1.165, 1.54) is 6.92 Å². The van der Waals surface area contributed by atoms with Crippen molar-refractivity contribution in [3.8, 4) is 0 Å². The number of carbonyl (C=O) groups is 5. The molecule has 4 atom stereocenters. The number of hydrogen-bond donors (Lipinski definition) is 0. The van der Waals surface area contributed by atoms with Crippen molar-refractivity contribution in [3.63, 3.8) is 0 Å². The molecule has 1 fully saturated rings. The van der Waals surface area contributed by atoms with E-state index < -0.39 is 74.2 Å². The van der Waals surface area contributed by atoms with Crippen molar-refractivity contribution in [1.29, 1.82) is 0 Å². The van der Waals surface area contributed by atoms with Crippen molar-refractivity contribution in [3.05, 3.63) is 0 Å². The molecule has 0 saturated carbocycles. The van der Waals surface area contributed by atoms with Crippen LogP contribution in [0.3, 0.4) is 0 Å². The summed E-state index contributed by atoms with van der Waals surface area (Å²) in [5.74, 6) is -3.41. The van der Waals surface area contributed by atoms with Gasteiger partial charge >= 0.3 is 162 Å². The van der Waals surface area contributed by atoms with Gasteiger partial charge in [-0.1, -0.05) is 0 Å². The van der Waals surface area contributed by atoms with Gasteiger partial charge in [0.25, 0.3) is 0 Å². The number of esters is 5. The van der Waals surface area contributed by atoms with Crippen LogP contribution in [0.1, 0.15) is 34.6 Å². The first kappa shape index (κ1) is 22.9. The Morgan fingerprint density at radius 3 is 1.93 bits per heavy atom. The molecule has 11 heteroatoms. The van der Waals surface area contributed by atoms with Crippen LogP contribution in [-0.4, -0.2) is 74.2 Å². The fraction of sp³-hybridized carbons (Fsp3) is 0.688. The second-order valence-electron chi connectivity index (χ2n) is 5.70. The second-order valence-corrected chi connectivity index (χ2v) is 8.35. The van der Waals surface area contributed by atoms with E-state index in [9.17, 15) is 24.0 Å². The molecular weight excluding hydrogens is 431 g/mol. The van der Waals surface area contributed by atoms with Crippen LogP contribution in [0.2, 0.25) is 5.32 Å². The van der Waals surface area contributed by atoms with Crippen molar-refractivity contribution in [2.45, 2.75) is 62.7 Å². The number of carbonyl (C=O) groups excluding carboxylic acids is 5. The molecule has 0 aromatic rings. The van der Waals surface area contributed by atoms with Gasteiger partial charge in [0.05, 0.1) is 0 Å². The molecule has 0 unspecified atom stereocenters. The summed E-state index contributed by atoms with van der Waals surface area (Å²) in [7, 11) is 0. The average molecular weight is 453 g/mol. The molecule has 0 bridgehead atoms.